The van der Waals surface area contributed by atoms with E-state index in [1.807, 2.05) is 49.0 Å². The van der Waals surface area contributed by atoms with E-state index >= 15 is 0 Å². The molecule has 0 spiro atoms. The monoisotopic (exact) mass is 313 g/mol. The topological polar surface area (TPSA) is 35.1 Å². The van der Waals surface area contributed by atoms with Crippen LogP contribution in [0.2, 0.25) is 0 Å². The van der Waals surface area contributed by atoms with E-state index in [4.69, 9.17) is 4.74 Å². The summed E-state index contributed by atoms with van der Waals surface area (Å²) in [5.41, 5.74) is 4.21. The average molecular weight is 313 g/mol. The summed E-state index contributed by atoms with van der Waals surface area (Å²) in [6.07, 6.45) is 6.45. The molecule has 0 amide bonds. The minimum Gasteiger partial charge on any atom is -0.376 e. The Morgan fingerprint density at radius 3 is 2.70 bits per heavy atom. The first-order valence-corrected chi connectivity index (χ1v) is 8.32. The van der Waals surface area contributed by atoms with Gasteiger partial charge in [-0.25, -0.2) is 0 Å². The van der Waals surface area contributed by atoms with Crippen LogP contribution in [0.4, 0.5) is 0 Å². The predicted octanol–water partition coefficient (Wildman–Crippen LogP) is 2.76. The molecule has 4 nitrogen and oxygen atoms in total. The predicted molar refractivity (Wildman–Crippen MR) is 88.6 cm³/mol. The van der Waals surface area contributed by atoms with E-state index in [1.165, 1.54) is 5.56 Å². The highest BCUT2D eigenvalue weighted by molar-refractivity contribution is 5.96. The zero-order chi connectivity index (χ0) is 16.4. The Hall–Kier alpha value is -1.94. The van der Waals surface area contributed by atoms with Crippen molar-refractivity contribution < 1.29 is 14.1 Å². The van der Waals surface area contributed by atoms with Crippen LogP contribution in [0.5, 0.6) is 0 Å². The van der Waals surface area contributed by atoms with Crippen molar-refractivity contribution in [1.29, 1.82) is 0 Å². The van der Waals surface area contributed by atoms with Gasteiger partial charge in [-0.15, -0.1) is 0 Å². The van der Waals surface area contributed by atoms with E-state index in [1.54, 1.807) is 0 Å². The van der Waals surface area contributed by atoms with Gasteiger partial charge in [0.2, 0.25) is 12.3 Å². The molecule has 0 unspecified atom stereocenters. The first-order valence-electron chi connectivity index (χ1n) is 8.32. The maximum absolute atomic E-state index is 12.7. The van der Waals surface area contributed by atoms with Crippen LogP contribution in [-0.4, -0.2) is 23.1 Å². The van der Waals surface area contributed by atoms with Crippen LogP contribution in [0.3, 0.4) is 0 Å². The van der Waals surface area contributed by atoms with Crippen molar-refractivity contribution in [2.75, 3.05) is 6.61 Å². The van der Waals surface area contributed by atoms with Gasteiger partial charge in [-0.3, -0.25) is 4.79 Å². The van der Waals surface area contributed by atoms with Crippen LogP contribution in [0.25, 0.3) is 0 Å². The summed E-state index contributed by atoms with van der Waals surface area (Å²) < 4.78 is 9.89. The number of ketones is 1. The molecule has 1 atom stereocenters. The van der Waals surface area contributed by atoms with Gasteiger partial charge in [0.1, 0.15) is 0 Å². The maximum atomic E-state index is 12.7. The van der Waals surface area contributed by atoms with Crippen molar-refractivity contribution in [3.8, 4) is 0 Å². The first-order chi connectivity index (χ1) is 11.0. The molecule has 0 saturated carbocycles. The number of hydrogen-bond acceptors (Lipinski definition) is 2. The lowest BCUT2D eigenvalue weighted by Crippen LogP contribution is -2.37. The number of pyridine rings is 1. The summed E-state index contributed by atoms with van der Waals surface area (Å²) in [6.45, 7) is 8.24. The Morgan fingerprint density at radius 2 is 2.04 bits per heavy atom. The Morgan fingerprint density at radius 1 is 1.30 bits per heavy atom. The molecule has 1 aliphatic rings. The Balaban J connectivity index is 1.76. The zero-order valence-corrected chi connectivity index (χ0v) is 14.2. The molecule has 4 heteroatoms. The molecular weight excluding hydrogens is 288 g/mol. The highest BCUT2D eigenvalue weighted by atomic mass is 16.5. The van der Waals surface area contributed by atoms with Crippen LogP contribution < -0.4 is 4.57 Å². The molecule has 0 radical (unpaired) electrons. The summed E-state index contributed by atoms with van der Waals surface area (Å²) in [5, 5.41) is 0. The molecule has 0 aliphatic carbocycles. The van der Waals surface area contributed by atoms with E-state index in [0.29, 0.717) is 6.54 Å². The molecule has 2 aromatic rings. The Kier molecular flexibility index (Phi) is 4.62. The highest BCUT2D eigenvalue weighted by Gasteiger charge is 2.22. The summed E-state index contributed by atoms with van der Waals surface area (Å²) in [4.78, 5) is 12.7. The fraction of sp³-hybridized carbons (Fsp3) is 0.474. The molecule has 0 bridgehead atoms. The second kappa shape index (κ2) is 6.67. The summed E-state index contributed by atoms with van der Waals surface area (Å²) in [7, 11) is 0. The van der Waals surface area contributed by atoms with Crippen molar-refractivity contribution in [2.45, 2.75) is 52.8 Å². The minimum atomic E-state index is 0.158. The molecule has 3 rings (SSSR count). The molecule has 3 heterocycles. The molecule has 1 aliphatic heterocycles. The largest absolute Gasteiger partial charge is 0.376 e. The van der Waals surface area contributed by atoms with Gasteiger partial charge in [0, 0.05) is 42.2 Å². The average Bonchev–Trinajstić information content (AvgIpc) is 3.13. The number of nitrogens with zero attached hydrogens (tertiary/aromatic N) is 2. The summed E-state index contributed by atoms with van der Waals surface area (Å²) >= 11 is 0. The van der Waals surface area contributed by atoms with Gasteiger partial charge in [-0.2, -0.15) is 4.57 Å². The van der Waals surface area contributed by atoms with E-state index in [2.05, 4.69) is 11.5 Å². The number of rotatable bonds is 5. The van der Waals surface area contributed by atoms with Crippen LogP contribution in [0.1, 0.15) is 40.2 Å². The molecule has 1 fully saturated rings. The molecule has 1 saturated heterocycles. The molecule has 0 aromatic carbocycles. The number of Topliss-reactive ketones (excluding diaryl/α,β-unsaturated/α-hetero) is 1. The number of ether oxygens (including phenoxy) is 1. The second-order valence-electron chi connectivity index (χ2n) is 6.50. The lowest BCUT2D eigenvalue weighted by Gasteiger charge is -2.14. The zero-order valence-electron chi connectivity index (χ0n) is 14.2. The normalized spacial score (nSPS) is 17.6. The van der Waals surface area contributed by atoms with Gasteiger partial charge >= 0.3 is 0 Å². The van der Waals surface area contributed by atoms with E-state index < -0.39 is 0 Å². The third-order valence-electron chi connectivity index (χ3n) is 4.67. The molecule has 23 heavy (non-hydrogen) atoms. The number of carbonyl (C=O) groups excluding carboxylic acids is 1. The van der Waals surface area contributed by atoms with Gasteiger partial charge in [0.05, 0.1) is 6.10 Å². The smallest absolute Gasteiger partial charge is 0.229 e. The summed E-state index contributed by atoms with van der Waals surface area (Å²) in [6, 6.07) is 6.06. The van der Waals surface area contributed by atoms with Gasteiger partial charge in [-0.05, 0) is 45.2 Å². The van der Waals surface area contributed by atoms with Gasteiger partial charge in [0.25, 0.3) is 0 Å². The number of hydrogen-bond donors (Lipinski definition) is 0. The van der Waals surface area contributed by atoms with Crippen LogP contribution >= 0.6 is 0 Å². The minimum absolute atomic E-state index is 0.158. The van der Waals surface area contributed by atoms with Crippen molar-refractivity contribution in [3.05, 3.63) is 53.1 Å². The SMILES string of the molecule is Cc1cc[n+](CC(=O)c2cc(C)n(C[C@H]3CCCO3)c2C)cc1. The van der Waals surface area contributed by atoms with E-state index in [0.717, 1.165) is 42.9 Å². The lowest BCUT2D eigenvalue weighted by atomic mass is 10.1. The van der Waals surface area contributed by atoms with E-state index in [-0.39, 0.29) is 11.9 Å². The standard InChI is InChI=1S/C19H25N2O2/c1-14-6-8-20(9-7-14)13-19(22)18-11-15(2)21(16(18)3)12-17-5-4-10-23-17/h6-9,11,17H,4-5,10,12-13H2,1-3H3/q+1/t17-/m1/s1. The van der Waals surface area contributed by atoms with Crippen molar-refractivity contribution in [2.24, 2.45) is 0 Å². The van der Waals surface area contributed by atoms with Gasteiger partial charge in [-0.1, -0.05) is 0 Å². The summed E-state index contributed by atoms with van der Waals surface area (Å²) in [5.74, 6) is 0.158. The van der Waals surface area contributed by atoms with Crippen LogP contribution in [0.15, 0.2) is 30.6 Å². The number of aromatic nitrogens is 2. The number of aryl methyl sites for hydroxylation is 2. The molecular formula is C19H25N2O2+. The quantitative estimate of drug-likeness (QED) is 0.628. The van der Waals surface area contributed by atoms with E-state index in [9.17, 15) is 4.79 Å². The maximum Gasteiger partial charge on any atom is 0.229 e. The Labute approximate surface area is 137 Å². The Bertz CT molecular complexity index is 695. The molecule has 2 aromatic heterocycles. The first kappa shape index (κ1) is 15.9. The molecule has 122 valence electrons. The van der Waals surface area contributed by atoms with Crippen LogP contribution in [-0.2, 0) is 17.8 Å². The third-order valence-corrected chi connectivity index (χ3v) is 4.67. The number of carbonyl (C=O) groups is 1. The van der Waals surface area contributed by atoms with Crippen molar-refractivity contribution in [1.82, 2.24) is 4.57 Å². The van der Waals surface area contributed by atoms with Crippen LogP contribution in [0, 0.1) is 20.8 Å². The molecule has 0 N–H and O–H groups in total. The fourth-order valence-corrected chi connectivity index (χ4v) is 3.24. The van der Waals surface area contributed by atoms with Gasteiger partial charge in [0.15, 0.2) is 12.4 Å². The fourth-order valence-electron chi connectivity index (χ4n) is 3.24. The van der Waals surface area contributed by atoms with Crippen molar-refractivity contribution >= 4 is 5.78 Å². The highest BCUT2D eigenvalue weighted by Crippen LogP contribution is 2.20. The second-order valence-corrected chi connectivity index (χ2v) is 6.50. The third kappa shape index (κ3) is 3.53. The lowest BCUT2D eigenvalue weighted by molar-refractivity contribution is -0.683. The van der Waals surface area contributed by atoms with Gasteiger partial charge < -0.3 is 9.30 Å². The van der Waals surface area contributed by atoms with Crippen molar-refractivity contribution in [3.63, 3.8) is 0 Å².